The molecule has 0 saturated heterocycles. The second kappa shape index (κ2) is 13.5. The van der Waals surface area contributed by atoms with E-state index in [0.717, 1.165) is 50.0 Å². The molecule has 0 amide bonds. The molecule has 0 radical (unpaired) electrons. The number of benzene rings is 8. The zero-order valence-electron chi connectivity index (χ0n) is 33.6. The Balaban J connectivity index is 1.15. The zero-order chi connectivity index (χ0) is 40.8. The normalized spacial score (nSPS) is 12.2. The molecule has 0 spiro atoms. The molecule has 13 aromatic rings. The highest BCUT2D eigenvalue weighted by Gasteiger charge is 2.42. The van der Waals surface area contributed by atoms with Gasteiger partial charge in [0.2, 0.25) is 0 Å². The van der Waals surface area contributed by atoms with Crippen molar-refractivity contribution in [2.45, 2.75) is 0 Å². The topological polar surface area (TPSA) is 40.0 Å². The number of hydrogen-bond acceptors (Lipinski definition) is 2. The summed E-state index contributed by atoms with van der Waals surface area (Å²) in [5.74, 6) is 0. The van der Waals surface area contributed by atoms with Crippen molar-refractivity contribution in [1.82, 2.24) is 23.5 Å². The number of fused-ring (bicyclic) bond motifs is 13. The Morgan fingerprint density at radius 2 is 0.952 bits per heavy atom. The molecule has 13 rings (SSSR count). The molecule has 0 aliphatic carbocycles. The highest BCUT2D eigenvalue weighted by atomic mass is 28.3. The van der Waals surface area contributed by atoms with Crippen LogP contribution in [0.3, 0.4) is 0 Å². The van der Waals surface area contributed by atoms with Gasteiger partial charge in [-0.1, -0.05) is 152 Å². The summed E-state index contributed by atoms with van der Waals surface area (Å²) < 4.78 is 7.06. The number of pyridine rings is 2. The van der Waals surface area contributed by atoms with E-state index in [4.69, 9.17) is 9.97 Å². The summed E-state index contributed by atoms with van der Waals surface area (Å²) in [4.78, 5) is 10.1. The Kier molecular flexibility index (Phi) is 7.56. The predicted molar refractivity (Wildman–Crippen MR) is 260 cm³/mol. The molecule has 6 heteroatoms. The first-order valence-corrected chi connectivity index (χ1v) is 23.2. The van der Waals surface area contributed by atoms with Gasteiger partial charge in [-0.05, 0) is 80.7 Å². The molecule has 0 fully saturated rings. The van der Waals surface area contributed by atoms with E-state index in [0.29, 0.717) is 0 Å². The molecule has 0 aliphatic rings. The van der Waals surface area contributed by atoms with Crippen LogP contribution in [0.5, 0.6) is 0 Å². The van der Waals surface area contributed by atoms with Crippen molar-refractivity contribution >= 4 is 99.9 Å². The van der Waals surface area contributed by atoms with Gasteiger partial charge in [0.05, 0.1) is 22.1 Å². The third-order valence-electron chi connectivity index (χ3n) is 13.1. The number of rotatable bonds is 6. The van der Waals surface area contributed by atoms with Crippen LogP contribution in [0.15, 0.2) is 225 Å². The van der Waals surface area contributed by atoms with Crippen LogP contribution in [-0.4, -0.2) is 31.6 Å². The van der Waals surface area contributed by atoms with Crippen molar-refractivity contribution in [1.29, 1.82) is 0 Å². The fourth-order valence-corrected chi connectivity index (χ4v) is 15.3. The van der Waals surface area contributed by atoms with Crippen LogP contribution in [0.1, 0.15) is 0 Å². The van der Waals surface area contributed by atoms with Gasteiger partial charge in [-0.2, -0.15) is 0 Å². The number of para-hydroxylation sites is 3. The van der Waals surface area contributed by atoms with Crippen molar-refractivity contribution in [3.8, 4) is 11.4 Å². The average molecular weight is 808 g/mol. The Hall–Kier alpha value is -8.06. The van der Waals surface area contributed by atoms with E-state index in [1.54, 1.807) is 0 Å². The quantitative estimate of drug-likeness (QED) is 0.0954. The Bertz CT molecular complexity index is 3830. The second-order valence-electron chi connectivity index (χ2n) is 16.2. The first kappa shape index (κ1) is 34.8. The monoisotopic (exact) mass is 807 g/mol. The maximum Gasteiger partial charge on any atom is 0.179 e. The molecule has 0 N–H and O–H groups in total. The van der Waals surface area contributed by atoms with Gasteiger partial charge in [-0.3, -0.25) is 8.97 Å². The Morgan fingerprint density at radius 1 is 0.339 bits per heavy atom. The minimum Gasteiger partial charge on any atom is -0.309 e. The lowest BCUT2D eigenvalue weighted by Crippen LogP contribution is -2.74. The fourth-order valence-electron chi connectivity index (χ4n) is 10.6. The van der Waals surface area contributed by atoms with Crippen molar-refractivity contribution in [3.05, 3.63) is 225 Å². The van der Waals surface area contributed by atoms with Gasteiger partial charge >= 0.3 is 0 Å². The largest absolute Gasteiger partial charge is 0.309 e. The van der Waals surface area contributed by atoms with Gasteiger partial charge in [0.25, 0.3) is 0 Å². The molecular formula is C56H37N5Si. The highest BCUT2D eigenvalue weighted by molar-refractivity contribution is 7.20. The SMILES string of the molecule is c1ccc(-n2c3ccccc3c3c2ccc2c4cccnc4n(-c4cccc([Si](c5ccccc5)(c5ccccc5)c5ccc6c7ccccc7n7ccnc7c6c5)c4)c23)cc1. The number of aromatic nitrogens is 5. The summed E-state index contributed by atoms with van der Waals surface area (Å²) in [5.41, 5.74) is 8.78. The standard InChI is InChI=1S/C56H37N5Si/c1-4-16-38(17-5-1)60-51-28-13-11-25-48(51)53-52(60)32-31-46-47-26-15-33-57-56(47)61(54(46)53)39-18-14-23-42(36-39)62(40-19-6-2-7-20-40,41-21-8-3-9-22-41)43-29-30-44-45-24-10-12-27-50(45)59-35-34-58-55(59)49(44)37-43/h1-37H. The summed E-state index contributed by atoms with van der Waals surface area (Å²) in [6.45, 7) is 0. The lowest BCUT2D eigenvalue weighted by Gasteiger charge is -2.35. The van der Waals surface area contributed by atoms with Crippen molar-refractivity contribution in [2.24, 2.45) is 0 Å². The summed E-state index contributed by atoms with van der Waals surface area (Å²) in [6.07, 6.45) is 5.93. The fraction of sp³-hybridized carbons (Fsp3) is 0. The smallest absolute Gasteiger partial charge is 0.179 e. The number of nitrogens with zero attached hydrogens (tertiary/aromatic N) is 5. The van der Waals surface area contributed by atoms with E-state index in [9.17, 15) is 0 Å². The molecule has 0 bridgehead atoms. The second-order valence-corrected chi connectivity index (χ2v) is 20.0. The first-order valence-electron chi connectivity index (χ1n) is 21.2. The Labute approximate surface area is 358 Å². The zero-order valence-corrected chi connectivity index (χ0v) is 34.6. The summed E-state index contributed by atoms with van der Waals surface area (Å²) in [6, 6.07) is 76.0. The third-order valence-corrected chi connectivity index (χ3v) is 17.8. The van der Waals surface area contributed by atoms with Crippen LogP contribution in [-0.2, 0) is 0 Å². The summed E-state index contributed by atoms with van der Waals surface area (Å²) >= 11 is 0. The maximum atomic E-state index is 5.15. The van der Waals surface area contributed by atoms with Crippen molar-refractivity contribution < 1.29 is 0 Å². The summed E-state index contributed by atoms with van der Waals surface area (Å²) in [7, 11) is -3.04. The van der Waals surface area contributed by atoms with E-state index in [-0.39, 0.29) is 0 Å². The molecule has 62 heavy (non-hydrogen) atoms. The molecule has 5 heterocycles. The van der Waals surface area contributed by atoms with Gasteiger partial charge in [0.1, 0.15) is 11.3 Å². The van der Waals surface area contributed by atoms with E-state index in [1.165, 1.54) is 53.2 Å². The van der Waals surface area contributed by atoms with Gasteiger partial charge in [0.15, 0.2) is 8.07 Å². The molecule has 0 saturated carbocycles. The van der Waals surface area contributed by atoms with Gasteiger partial charge in [-0.15, -0.1) is 0 Å². The molecule has 0 atom stereocenters. The molecular weight excluding hydrogens is 771 g/mol. The van der Waals surface area contributed by atoms with Crippen LogP contribution in [0.2, 0.25) is 0 Å². The molecule has 5 nitrogen and oxygen atoms in total. The predicted octanol–water partition coefficient (Wildman–Crippen LogP) is 10.6. The van der Waals surface area contributed by atoms with Crippen LogP contribution in [0.4, 0.5) is 0 Å². The van der Waals surface area contributed by atoms with E-state index >= 15 is 0 Å². The van der Waals surface area contributed by atoms with Gasteiger partial charge in [0, 0.05) is 62.3 Å². The number of imidazole rings is 1. The minimum atomic E-state index is -3.04. The molecule has 0 unspecified atom stereocenters. The van der Waals surface area contributed by atoms with E-state index in [1.807, 2.05) is 12.4 Å². The lowest BCUT2D eigenvalue weighted by molar-refractivity contribution is 1.14. The molecule has 290 valence electrons. The molecule has 0 aliphatic heterocycles. The van der Waals surface area contributed by atoms with Crippen LogP contribution in [0, 0.1) is 0 Å². The van der Waals surface area contributed by atoms with Crippen LogP contribution < -0.4 is 20.7 Å². The van der Waals surface area contributed by atoms with Crippen molar-refractivity contribution in [3.63, 3.8) is 0 Å². The van der Waals surface area contributed by atoms with Gasteiger partial charge < -0.3 is 4.57 Å². The highest BCUT2D eigenvalue weighted by Crippen LogP contribution is 2.41. The maximum absolute atomic E-state index is 5.15. The van der Waals surface area contributed by atoms with Crippen molar-refractivity contribution in [2.75, 3.05) is 0 Å². The van der Waals surface area contributed by atoms with E-state index in [2.05, 4.69) is 226 Å². The van der Waals surface area contributed by atoms with E-state index < -0.39 is 8.07 Å². The number of hydrogen-bond donors (Lipinski definition) is 0. The first-order chi connectivity index (χ1) is 30.8. The molecule has 5 aromatic heterocycles. The van der Waals surface area contributed by atoms with Crippen LogP contribution >= 0.6 is 0 Å². The average Bonchev–Trinajstić information content (AvgIpc) is 4.07. The van der Waals surface area contributed by atoms with Gasteiger partial charge in [-0.25, -0.2) is 9.97 Å². The Morgan fingerprint density at radius 3 is 1.74 bits per heavy atom. The van der Waals surface area contributed by atoms with Crippen LogP contribution in [0.25, 0.3) is 82.4 Å². The summed E-state index contributed by atoms with van der Waals surface area (Å²) in [5, 5.41) is 13.5. The third kappa shape index (κ3) is 4.84. The lowest BCUT2D eigenvalue weighted by atomic mass is 10.1. The molecule has 8 aromatic carbocycles. The minimum absolute atomic E-state index is 0.940.